The fourth-order valence-electron chi connectivity index (χ4n) is 1.02. The Hall–Kier alpha value is -1.89. The van der Waals surface area contributed by atoms with E-state index in [2.05, 4.69) is 14.9 Å². The summed E-state index contributed by atoms with van der Waals surface area (Å²) >= 11 is 0. The summed E-state index contributed by atoms with van der Waals surface area (Å²) in [5.74, 6) is 0. The molecule has 0 aliphatic heterocycles. The smallest absolute Gasteiger partial charge is 0.242 e. The average Bonchev–Trinajstić information content (AvgIpc) is 2.51. The van der Waals surface area contributed by atoms with Crippen LogP contribution in [0, 0.1) is 6.57 Å². The number of hydrogen-bond donors (Lipinski definition) is 0. The highest BCUT2D eigenvalue weighted by Gasteiger charge is 1.98. The third kappa shape index (κ3) is 1.01. The topological polar surface area (TPSA) is 34.5 Å². The molecule has 0 aliphatic rings. The van der Waals surface area contributed by atoms with E-state index in [1.54, 1.807) is 16.9 Å². The summed E-state index contributed by atoms with van der Waals surface area (Å²) in [6.07, 6.45) is 5.21. The fraction of sp³-hybridized carbons (Fsp3) is 0.125. The number of rotatable bonds is 1. The van der Waals surface area contributed by atoms with Crippen molar-refractivity contribution in [3.05, 3.63) is 41.6 Å². The molecule has 2 heterocycles. The average molecular weight is 158 g/mol. The van der Waals surface area contributed by atoms with E-state index >= 15 is 0 Å². The van der Waals surface area contributed by atoms with E-state index in [9.17, 15) is 0 Å². The van der Waals surface area contributed by atoms with Gasteiger partial charge in [0.25, 0.3) is 0 Å². The molecule has 0 spiro atoms. The van der Waals surface area contributed by atoms with Crippen molar-refractivity contribution >= 4 is 5.65 Å². The summed E-state index contributed by atoms with van der Waals surface area (Å²) < 4.78 is 1.67. The first kappa shape index (κ1) is 6.80. The molecule has 2 rings (SSSR count). The lowest BCUT2D eigenvalue weighted by atomic mass is 10.3. The van der Waals surface area contributed by atoms with Gasteiger partial charge in [-0.2, -0.15) is 5.10 Å². The number of hydrogen-bond acceptors (Lipinski definition) is 2. The van der Waals surface area contributed by atoms with Gasteiger partial charge in [0, 0.05) is 18.5 Å². The van der Waals surface area contributed by atoms with E-state index in [4.69, 9.17) is 6.57 Å². The predicted molar refractivity (Wildman–Crippen MR) is 43.3 cm³/mol. The Morgan fingerprint density at radius 2 is 2.50 bits per heavy atom. The molecule has 0 amide bonds. The molecule has 58 valence electrons. The molecule has 0 N–H and O–H groups in total. The van der Waals surface area contributed by atoms with Crippen LogP contribution in [0.25, 0.3) is 10.5 Å². The Labute approximate surface area is 69.3 Å². The molecular weight excluding hydrogens is 152 g/mol. The van der Waals surface area contributed by atoms with Crippen molar-refractivity contribution in [1.29, 1.82) is 0 Å². The molecule has 2 aromatic rings. The Balaban J connectivity index is 2.54. The second-order valence-corrected chi connectivity index (χ2v) is 2.41. The van der Waals surface area contributed by atoms with Gasteiger partial charge in [-0.3, -0.25) is 0 Å². The van der Waals surface area contributed by atoms with Crippen molar-refractivity contribution in [3.63, 3.8) is 0 Å². The molecule has 0 unspecified atom stereocenters. The summed E-state index contributed by atoms with van der Waals surface area (Å²) in [6.45, 7) is 7.04. The molecule has 0 radical (unpaired) electrons. The van der Waals surface area contributed by atoms with Crippen LogP contribution in [0.15, 0.2) is 24.7 Å². The molecule has 0 bridgehead atoms. The summed E-state index contributed by atoms with van der Waals surface area (Å²) in [4.78, 5) is 7.38. The highest BCUT2D eigenvalue weighted by Crippen LogP contribution is 2.02. The lowest BCUT2D eigenvalue weighted by Gasteiger charge is -1.92. The van der Waals surface area contributed by atoms with Crippen molar-refractivity contribution in [2.24, 2.45) is 0 Å². The SMILES string of the molecule is [C-]#[N+]Cc1cnc2ccnn2c1. The van der Waals surface area contributed by atoms with Crippen molar-refractivity contribution in [1.82, 2.24) is 14.6 Å². The third-order valence-electron chi connectivity index (χ3n) is 1.56. The van der Waals surface area contributed by atoms with Gasteiger partial charge < -0.3 is 4.85 Å². The van der Waals surface area contributed by atoms with Crippen LogP contribution < -0.4 is 0 Å². The number of fused-ring (bicyclic) bond motifs is 1. The molecule has 2 aromatic heterocycles. The van der Waals surface area contributed by atoms with Crippen LogP contribution in [0.5, 0.6) is 0 Å². The van der Waals surface area contributed by atoms with E-state index in [1.165, 1.54) is 0 Å². The quantitative estimate of drug-likeness (QED) is 0.583. The van der Waals surface area contributed by atoms with Gasteiger partial charge in [0.05, 0.1) is 11.8 Å². The van der Waals surface area contributed by atoms with Gasteiger partial charge in [-0.15, -0.1) is 0 Å². The molecule has 0 saturated heterocycles. The van der Waals surface area contributed by atoms with Gasteiger partial charge in [-0.1, -0.05) is 0 Å². The van der Waals surface area contributed by atoms with Crippen LogP contribution in [0.1, 0.15) is 5.56 Å². The minimum absolute atomic E-state index is 0.364. The highest BCUT2D eigenvalue weighted by atomic mass is 15.2. The summed E-state index contributed by atoms with van der Waals surface area (Å²) in [5.41, 5.74) is 1.70. The Morgan fingerprint density at radius 1 is 1.58 bits per heavy atom. The predicted octanol–water partition coefficient (Wildman–Crippen LogP) is 1.15. The lowest BCUT2D eigenvalue weighted by Crippen LogP contribution is -1.92. The van der Waals surface area contributed by atoms with Gasteiger partial charge in [-0.25, -0.2) is 16.1 Å². The molecule has 4 heteroatoms. The van der Waals surface area contributed by atoms with Crippen molar-refractivity contribution < 1.29 is 0 Å². The molecule has 0 aromatic carbocycles. The van der Waals surface area contributed by atoms with E-state index in [1.807, 2.05) is 12.3 Å². The van der Waals surface area contributed by atoms with Crippen molar-refractivity contribution in [3.8, 4) is 0 Å². The van der Waals surface area contributed by atoms with Crippen LogP contribution in [-0.4, -0.2) is 14.6 Å². The maximum absolute atomic E-state index is 6.68. The molecule has 0 fully saturated rings. The number of aromatic nitrogens is 3. The minimum Gasteiger partial charge on any atom is -0.312 e. The van der Waals surface area contributed by atoms with Crippen LogP contribution in [0.2, 0.25) is 0 Å². The van der Waals surface area contributed by atoms with Crippen LogP contribution in [0.3, 0.4) is 0 Å². The zero-order valence-electron chi connectivity index (χ0n) is 6.31. The minimum atomic E-state index is 0.364. The van der Waals surface area contributed by atoms with Crippen molar-refractivity contribution in [2.75, 3.05) is 0 Å². The first-order chi connectivity index (χ1) is 5.90. The maximum Gasteiger partial charge on any atom is 0.242 e. The third-order valence-corrected chi connectivity index (χ3v) is 1.56. The molecular formula is C8H6N4. The largest absolute Gasteiger partial charge is 0.312 e. The van der Waals surface area contributed by atoms with Gasteiger partial charge in [0.2, 0.25) is 6.54 Å². The van der Waals surface area contributed by atoms with Gasteiger partial charge in [0.15, 0.2) is 5.65 Å². The zero-order chi connectivity index (χ0) is 8.39. The van der Waals surface area contributed by atoms with Gasteiger partial charge in [-0.05, 0) is 0 Å². The Kier molecular flexibility index (Phi) is 1.49. The second-order valence-electron chi connectivity index (χ2n) is 2.41. The molecule has 4 nitrogen and oxygen atoms in total. The van der Waals surface area contributed by atoms with E-state index in [-0.39, 0.29) is 0 Å². The van der Waals surface area contributed by atoms with Crippen LogP contribution in [-0.2, 0) is 6.54 Å². The number of nitrogens with zero attached hydrogens (tertiary/aromatic N) is 4. The fourth-order valence-corrected chi connectivity index (χ4v) is 1.02. The lowest BCUT2D eigenvalue weighted by molar-refractivity contribution is 0.919. The first-order valence-corrected chi connectivity index (χ1v) is 3.51. The first-order valence-electron chi connectivity index (χ1n) is 3.51. The summed E-state index contributed by atoms with van der Waals surface area (Å²) in [5, 5.41) is 4.01. The summed E-state index contributed by atoms with van der Waals surface area (Å²) in [6, 6.07) is 1.82. The molecule has 12 heavy (non-hydrogen) atoms. The van der Waals surface area contributed by atoms with Gasteiger partial charge in [0.1, 0.15) is 0 Å². The Bertz CT molecular complexity index is 437. The molecule has 0 atom stereocenters. The second kappa shape index (κ2) is 2.62. The van der Waals surface area contributed by atoms with E-state index < -0.39 is 0 Å². The van der Waals surface area contributed by atoms with Crippen LogP contribution in [0.4, 0.5) is 0 Å². The molecule has 0 aliphatic carbocycles. The van der Waals surface area contributed by atoms with Crippen molar-refractivity contribution in [2.45, 2.75) is 6.54 Å². The van der Waals surface area contributed by atoms with Crippen LogP contribution >= 0.6 is 0 Å². The maximum atomic E-state index is 6.68. The molecule has 0 saturated carbocycles. The van der Waals surface area contributed by atoms with Gasteiger partial charge >= 0.3 is 0 Å². The zero-order valence-corrected chi connectivity index (χ0v) is 6.31. The van der Waals surface area contributed by atoms with E-state index in [0.717, 1.165) is 11.2 Å². The summed E-state index contributed by atoms with van der Waals surface area (Å²) in [7, 11) is 0. The monoisotopic (exact) mass is 158 g/mol. The normalized spacial score (nSPS) is 9.92. The highest BCUT2D eigenvalue weighted by molar-refractivity contribution is 5.35. The standard InChI is InChI=1S/C8H6N4/c1-9-4-7-5-10-8-2-3-11-12(8)6-7/h2-3,5-6H,4H2. The Morgan fingerprint density at radius 3 is 3.33 bits per heavy atom. The van der Waals surface area contributed by atoms with E-state index in [0.29, 0.717) is 6.54 Å².